The number of ether oxygens (including phenoxy) is 1. The molecular formula is C18H26O2. The third-order valence-electron chi connectivity index (χ3n) is 4.86. The number of hydrogen-bond donors (Lipinski definition) is 1. The molecule has 0 aliphatic heterocycles. The van der Waals surface area contributed by atoms with E-state index in [2.05, 4.69) is 26.0 Å². The third kappa shape index (κ3) is 3.17. The van der Waals surface area contributed by atoms with Gasteiger partial charge in [0.15, 0.2) is 0 Å². The monoisotopic (exact) mass is 274 g/mol. The van der Waals surface area contributed by atoms with Crippen LogP contribution in [0.3, 0.4) is 0 Å². The Hall–Kier alpha value is -1.02. The van der Waals surface area contributed by atoms with Crippen LogP contribution in [-0.4, -0.2) is 11.2 Å². The topological polar surface area (TPSA) is 29.5 Å². The number of hydrogen-bond acceptors (Lipinski definition) is 2. The Morgan fingerprint density at radius 3 is 2.65 bits per heavy atom. The van der Waals surface area contributed by atoms with E-state index in [4.69, 9.17) is 4.74 Å². The standard InChI is InChI=1S/C18H26O2/c1-17(2)9-4-10-18(19,12-11-17)14-5-3-6-16(13-14)20-15-7-8-15/h3,5-6,13,15,19H,4,7-12H2,1-2H3. The Bertz CT molecular complexity index is 476. The SMILES string of the molecule is CC1(C)CCCC(O)(c2cccc(OC3CC3)c2)CC1. The van der Waals surface area contributed by atoms with Gasteiger partial charge in [0.2, 0.25) is 0 Å². The van der Waals surface area contributed by atoms with Crippen LogP contribution in [0.2, 0.25) is 0 Å². The fourth-order valence-electron chi connectivity index (χ4n) is 3.18. The van der Waals surface area contributed by atoms with E-state index in [0.29, 0.717) is 11.5 Å². The Labute approximate surface area is 122 Å². The summed E-state index contributed by atoms with van der Waals surface area (Å²) in [5.41, 5.74) is 0.719. The molecule has 2 aliphatic carbocycles. The van der Waals surface area contributed by atoms with Crippen LogP contribution in [-0.2, 0) is 5.60 Å². The van der Waals surface area contributed by atoms with Crippen molar-refractivity contribution in [2.24, 2.45) is 5.41 Å². The second kappa shape index (κ2) is 5.07. The van der Waals surface area contributed by atoms with Gasteiger partial charge in [0.1, 0.15) is 5.75 Å². The van der Waals surface area contributed by atoms with Gasteiger partial charge in [-0.1, -0.05) is 26.0 Å². The summed E-state index contributed by atoms with van der Waals surface area (Å²) in [6.45, 7) is 4.62. The van der Waals surface area contributed by atoms with Crippen LogP contribution < -0.4 is 4.74 Å². The lowest BCUT2D eigenvalue weighted by molar-refractivity contribution is 0.0178. The van der Waals surface area contributed by atoms with E-state index in [1.165, 1.54) is 19.3 Å². The van der Waals surface area contributed by atoms with Gasteiger partial charge < -0.3 is 9.84 Å². The molecule has 1 N–H and O–H groups in total. The normalized spacial score (nSPS) is 29.8. The summed E-state index contributed by atoms with van der Waals surface area (Å²) in [7, 11) is 0. The quantitative estimate of drug-likeness (QED) is 0.827. The van der Waals surface area contributed by atoms with Crippen molar-refractivity contribution in [3.63, 3.8) is 0 Å². The van der Waals surface area contributed by atoms with E-state index in [1.54, 1.807) is 0 Å². The minimum absolute atomic E-state index is 0.354. The molecule has 0 bridgehead atoms. The zero-order valence-corrected chi connectivity index (χ0v) is 12.7. The summed E-state index contributed by atoms with van der Waals surface area (Å²) in [6.07, 6.45) is 7.84. The first-order valence-corrected chi connectivity index (χ1v) is 7.97. The molecule has 110 valence electrons. The number of aliphatic hydroxyl groups is 1. The molecule has 0 saturated heterocycles. The lowest BCUT2D eigenvalue weighted by Crippen LogP contribution is -2.25. The van der Waals surface area contributed by atoms with Crippen LogP contribution in [0.4, 0.5) is 0 Å². The molecule has 1 aromatic rings. The van der Waals surface area contributed by atoms with Gasteiger partial charge in [-0.3, -0.25) is 0 Å². The summed E-state index contributed by atoms with van der Waals surface area (Å²) in [5.74, 6) is 0.918. The van der Waals surface area contributed by atoms with Crippen LogP contribution in [0.5, 0.6) is 5.75 Å². The molecule has 0 heterocycles. The molecule has 0 aromatic heterocycles. The zero-order chi connectivity index (χ0) is 14.2. The minimum atomic E-state index is -0.670. The second-order valence-electron chi connectivity index (χ2n) is 7.39. The van der Waals surface area contributed by atoms with Crippen LogP contribution >= 0.6 is 0 Å². The van der Waals surface area contributed by atoms with E-state index in [9.17, 15) is 5.11 Å². The summed E-state index contributed by atoms with van der Waals surface area (Å²) in [5, 5.41) is 11.1. The molecule has 20 heavy (non-hydrogen) atoms. The molecule has 1 aromatic carbocycles. The van der Waals surface area contributed by atoms with Crippen molar-refractivity contribution in [1.82, 2.24) is 0 Å². The molecule has 2 saturated carbocycles. The smallest absolute Gasteiger partial charge is 0.120 e. The average Bonchev–Trinajstić information content (AvgIpc) is 3.21. The summed E-state index contributed by atoms with van der Waals surface area (Å²) in [6, 6.07) is 8.13. The van der Waals surface area contributed by atoms with Crippen molar-refractivity contribution >= 4 is 0 Å². The first-order chi connectivity index (χ1) is 9.47. The molecule has 2 nitrogen and oxygen atoms in total. The predicted molar refractivity (Wildman–Crippen MR) is 80.9 cm³/mol. The summed E-state index contributed by atoms with van der Waals surface area (Å²) in [4.78, 5) is 0. The molecule has 1 unspecified atom stereocenters. The fraction of sp³-hybridized carbons (Fsp3) is 0.667. The molecule has 2 heteroatoms. The maximum atomic E-state index is 11.1. The lowest BCUT2D eigenvalue weighted by atomic mass is 9.82. The van der Waals surface area contributed by atoms with Gasteiger partial charge in [-0.2, -0.15) is 0 Å². The highest BCUT2D eigenvalue weighted by atomic mass is 16.5. The zero-order valence-electron chi connectivity index (χ0n) is 12.7. The van der Waals surface area contributed by atoms with Gasteiger partial charge >= 0.3 is 0 Å². The highest BCUT2D eigenvalue weighted by Crippen LogP contribution is 2.43. The molecule has 0 amide bonds. The van der Waals surface area contributed by atoms with Crippen molar-refractivity contribution in [1.29, 1.82) is 0 Å². The second-order valence-corrected chi connectivity index (χ2v) is 7.39. The lowest BCUT2D eigenvalue weighted by Gasteiger charge is -2.28. The number of rotatable bonds is 3. The van der Waals surface area contributed by atoms with E-state index < -0.39 is 5.60 Å². The van der Waals surface area contributed by atoms with Crippen molar-refractivity contribution in [2.45, 2.75) is 70.5 Å². The largest absolute Gasteiger partial charge is 0.490 e. The number of benzene rings is 1. The minimum Gasteiger partial charge on any atom is -0.490 e. The van der Waals surface area contributed by atoms with Crippen LogP contribution in [0, 0.1) is 5.41 Å². The van der Waals surface area contributed by atoms with Gasteiger partial charge in [-0.15, -0.1) is 0 Å². The Balaban J connectivity index is 1.79. The van der Waals surface area contributed by atoms with E-state index in [0.717, 1.165) is 37.0 Å². The first-order valence-electron chi connectivity index (χ1n) is 7.97. The predicted octanol–water partition coefficient (Wildman–Crippen LogP) is 4.41. The summed E-state index contributed by atoms with van der Waals surface area (Å²) < 4.78 is 5.86. The maximum absolute atomic E-state index is 11.1. The van der Waals surface area contributed by atoms with Gasteiger partial charge in [0.05, 0.1) is 11.7 Å². The van der Waals surface area contributed by atoms with Gasteiger partial charge in [0, 0.05) is 0 Å². The van der Waals surface area contributed by atoms with Gasteiger partial charge in [-0.25, -0.2) is 0 Å². The van der Waals surface area contributed by atoms with Crippen LogP contribution in [0.15, 0.2) is 24.3 Å². The Morgan fingerprint density at radius 2 is 1.90 bits per heavy atom. The summed E-state index contributed by atoms with van der Waals surface area (Å²) >= 11 is 0. The molecule has 2 fully saturated rings. The highest BCUT2D eigenvalue weighted by Gasteiger charge is 2.35. The average molecular weight is 274 g/mol. The van der Waals surface area contributed by atoms with Crippen LogP contribution in [0.25, 0.3) is 0 Å². The van der Waals surface area contributed by atoms with Crippen molar-refractivity contribution in [3.8, 4) is 5.75 Å². The Kier molecular flexibility index (Phi) is 3.53. The Morgan fingerprint density at radius 1 is 1.10 bits per heavy atom. The van der Waals surface area contributed by atoms with E-state index in [1.807, 2.05) is 12.1 Å². The molecule has 3 rings (SSSR count). The van der Waals surface area contributed by atoms with Crippen molar-refractivity contribution in [3.05, 3.63) is 29.8 Å². The van der Waals surface area contributed by atoms with Crippen molar-refractivity contribution in [2.75, 3.05) is 0 Å². The maximum Gasteiger partial charge on any atom is 0.120 e. The van der Waals surface area contributed by atoms with Gasteiger partial charge in [-0.05, 0) is 68.1 Å². The van der Waals surface area contributed by atoms with E-state index in [-0.39, 0.29) is 0 Å². The molecule has 1 atom stereocenters. The van der Waals surface area contributed by atoms with Crippen LogP contribution in [0.1, 0.15) is 64.4 Å². The third-order valence-corrected chi connectivity index (χ3v) is 4.86. The molecular weight excluding hydrogens is 248 g/mol. The van der Waals surface area contributed by atoms with Gasteiger partial charge in [0.25, 0.3) is 0 Å². The fourth-order valence-corrected chi connectivity index (χ4v) is 3.18. The highest BCUT2D eigenvalue weighted by molar-refractivity contribution is 5.33. The molecule has 0 radical (unpaired) electrons. The first kappa shape index (κ1) is 13.9. The molecule has 2 aliphatic rings. The molecule has 0 spiro atoms. The van der Waals surface area contributed by atoms with Crippen molar-refractivity contribution < 1.29 is 9.84 Å². The van der Waals surface area contributed by atoms with E-state index >= 15 is 0 Å².